The maximum absolute atomic E-state index is 13.1. The van der Waals surface area contributed by atoms with Crippen molar-refractivity contribution in [3.05, 3.63) is 41.4 Å². The molecule has 0 unspecified atom stereocenters. The van der Waals surface area contributed by atoms with E-state index in [0.717, 1.165) is 31.8 Å². The van der Waals surface area contributed by atoms with E-state index in [-0.39, 0.29) is 5.02 Å². The Bertz CT molecular complexity index is 747. The van der Waals surface area contributed by atoms with Crippen LogP contribution in [0.25, 0.3) is 0 Å². The van der Waals surface area contributed by atoms with Crippen molar-refractivity contribution in [2.24, 2.45) is 5.92 Å². The predicted molar refractivity (Wildman–Crippen MR) is 96.7 cm³/mol. The van der Waals surface area contributed by atoms with Crippen LogP contribution in [0.5, 0.6) is 0 Å². The normalized spacial score (nSPS) is 15.1. The fraction of sp³-hybridized carbons (Fsp3) is 0.353. The fourth-order valence-electron chi connectivity index (χ4n) is 2.62. The second-order valence-electron chi connectivity index (χ2n) is 6.15. The molecule has 1 aromatic heterocycles. The van der Waals surface area contributed by atoms with Crippen molar-refractivity contribution in [3.63, 3.8) is 0 Å². The zero-order valence-corrected chi connectivity index (χ0v) is 14.6. The Balaban J connectivity index is 1.57. The van der Waals surface area contributed by atoms with Crippen LogP contribution in [0.1, 0.15) is 19.8 Å². The highest BCUT2D eigenvalue weighted by Gasteiger charge is 2.17. The molecule has 0 saturated carbocycles. The summed E-state index contributed by atoms with van der Waals surface area (Å²) in [5, 5.41) is 5.15. The van der Waals surface area contributed by atoms with Crippen molar-refractivity contribution in [3.8, 4) is 0 Å². The standard InChI is InChI=1S/C17H19ClFN5O/c1-11-4-6-24(7-5-11)16-20-9-13(10-21-16)23-17(25)22-12-2-3-15(19)14(18)8-12/h2-3,8-11H,4-7H2,1H3,(H2,22,23,25). The lowest BCUT2D eigenvalue weighted by Crippen LogP contribution is -2.34. The van der Waals surface area contributed by atoms with E-state index in [1.807, 2.05) is 0 Å². The van der Waals surface area contributed by atoms with Crippen LogP contribution in [0.3, 0.4) is 0 Å². The van der Waals surface area contributed by atoms with Gasteiger partial charge in [-0.25, -0.2) is 19.2 Å². The highest BCUT2D eigenvalue weighted by Crippen LogP contribution is 2.21. The lowest BCUT2D eigenvalue weighted by atomic mass is 10.00. The Hall–Kier alpha value is -2.41. The van der Waals surface area contributed by atoms with Gasteiger partial charge in [0.25, 0.3) is 0 Å². The van der Waals surface area contributed by atoms with Crippen LogP contribution >= 0.6 is 11.6 Å². The van der Waals surface area contributed by atoms with Crippen molar-refractivity contribution in [2.75, 3.05) is 28.6 Å². The van der Waals surface area contributed by atoms with Crippen molar-refractivity contribution < 1.29 is 9.18 Å². The predicted octanol–water partition coefficient (Wildman–Crippen LogP) is 4.15. The van der Waals surface area contributed by atoms with Gasteiger partial charge in [0.05, 0.1) is 23.1 Å². The summed E-state index contributed by atoms with van der Waals surface area (Å²) in [7, 11) is 0. The minimum atomic E-state index is -0.538. The number of carbonyl (C=O) groups is 1. The van der Waals surface area contributed by atoms with Gasteiger partial charge in [0, 0.05) is 18.8 Å². The van der Waals surface area contributed by atoms with E-state index in [9.17, 15) is 9.18 Å². The maximum Gasteiger partial charge on any atom is 0.323 e. The molecule has 2 heterocycles. The molecule has 0 bridgehead atoms. The van der Waals surface area contributed by atoms with Crippen molar-refractivity contribution in [1.82, 2.24) is 9.97 Å². The van der Waals surface area contributed by atoms with Gasteiger partial charge in [-0.2, -0.15) is 0 Å². The first kappa shape index (κ1) is 17.4. The van der Waals surface area contributed by atoms with E-state index in [1.54, 1.807) is 12.4 Å². The lowest BCUT2D eigenvalue weighted by molar-refractivity contribution is 0.262. The molecule has 1 fully saturated rings. The molecule has 2 N–H and O–H groups in total. The van der Waals surface area contributed by atoms with Gasteiger partial charge in [0.1, 0.15) is 5.82 Å². The number of piperidine rings is 1. The van der Waals surface area contributed by atoms with E-state index >= 15 is 0 Å². The molecular formula is C17H19ClFN5O. The summed E-state index contributed by atoms with van der Waals surface area (Å²) >= 11 is 5.69. The first-order chi connectivity index (χ1) is 12.0. The van der Waals surface area contributed by atoms with Gasteiger partial charge < -0.3 is 15.5 Å². The number of carbonyl (C=O) groups excluding carboxylic acids is 1. The van der Waals surface area contributed by atoms with E-state index in [4.69, 9.17) is 11.6 Å². The highest BCUT2D eigenvalue weighted by molar-refractivity contribution is 6.31. The molecule has 0 spiro atoms. The van der Waals surface area contributed by atoms with Crippen LogP contribution in [0.2, 0.25) is 5.02 Å². The van der Waals surface area contributed by atoms with Crippen LogP contribution < -0.4 is 15.5 Å². The second-order valence-corrected chi connectivity index (χ2v) is 6.56. The second kappa shape index (κ2) is 7.65. The van der Waals surface area contributed by atoms with E-state index in [0.29, 0.717) is 17.3 Å². The molecule has 3 rings (SSSR count). The van der Waals surface area contributed by atoms with Crippen LogP contribution in [-0.2, 0) is 0 Å². The third kappa shape index (κ3) is 4.57. The molecule has 0 aliphatic carbocycles. The topological polar surface area (TPSA) is 70.2 Å². The van der Waals surface area contributed by atoms with Crippen molar-refractivity contribution in [2.45, 2.75) is 19.8 Å². The molecule has 1 aromatic carbocycles. The zero-order valence-electron chi connectivity index (χ0n) is 13.8. The van der Waals surface area contributed by atoms with Crippen LogP contribution in [0.4, 0.5) is 26.5 Å². The molecule has 2 aromatic rings. The first-order valence-electron chi connectivity index (χ1n) is 8.11. The largest absolute Gasteiger partial charge is 0.341 e. The molecule has 1 aliphatic rings. The molecule has 2 amide bonds. The quantitative estimate of drug-likeness (QED) is 0.859. The first-order valence-corrected chi connectivity index (χ1v) is 8.49. The minimum absolute atomic E-state index is 0.0543. The third-order valence-electron chi connectivity index (χ3n) is 4.14. The van der Waals surface area contributed by atoms with Gasteiger partial charge in [-0.1, -0.05) is 18.5 Å². The Kier molecular flexibility index (Phi) is 5.33. The molecule has 1 aliphatic heterocycles. The molecule has 8 heteroatoms. The van der Waals surface area contributed by atoms with E-state index < -0.39 is 11.8 Å². The van der Waals surface area contributed by atoms with Gasteiger partial charge in [0.15, 0.2) is 0 Å². The summed E-state index contributed by atoms with van der Waals surface area (Å²) in [5.74, 6) is 0.868. The number of hydrogen-bond acceptors (Lipinski definition) is 4. The lowest BCUT2D eigenvalue weighted by Gasteiger charge is -2.30. The number of aromatic nitrogens is 2. The fourth-order valence-corrected chi connectivity index (χ4v) is 2.81. The molecule has 6 nitrogen and oxygen atoms in total. The van der Waals surface area contributed by atoms with Crippen molar-refractivity contribution >= 4 is 35.0 Å². The average molecular weight is 364 g/mol. The van der Waals surface area contributed by atoms with Crippen LogP contribution in [0, 0.1) is 11.7 Å². The van der Waals surface area contributed by atoms with Gasteiger partial charge in [-0.3, -0.25) is 0 Å². The molecule has 0 atom stereocenters. The smallest absolute Gasteiger partial charge is 0.323 e. The summed E-state index contributed by atoms with van der Waals surface area (Å²) < 4.78 is 13.1. The van der Waals surface area contributed by atoms with Gasteiger partial charge in [0.2, 0.25) is 5.95 Å². The summed E-state index contributed by atoms with van der Waals surface area (Å²) in [6.45, 7) is 4.14. The Morgan fingerprint density at radius 3 is 2.48 bits per heavy atom. The number of rotatable bonds is 3. The number of anilines is 3. The van der Waals surface area contributed by atoms with Gasteiger partial charge in [-0.15, -0.1) is 0 Å². The van der Waals surface area contributed by atoms with E-state index in [1.165, 1.54) is 18.2 Å². The Labute approximate surface area is 150 Å². The van der Waals surface area contributed by atoms with Crippen LogP contribution in [-0.4, -0.2) is 29.1 Å². The number of urea groups is 1. The monoisotopic (exact) mass is 363 g/mol. The molecule has 1 saturated heterocycles. The minimum Gasteiger partial charge on any atom is -0.341 e. The number of hydrogen-bond donors (Lipinski definition) is 2. The van der Waals surface area contributed by atoms with Gasteiger partial charge >= 0.3 is 6.03 Å². The Morgan fingerprint density at radius 1 is 1.20 bits per heavy atom. The SMILES string of the molecule is CC1CCN(c2ncc(NC(=O)Nc3ccc(F)c(Cl)c3)cn2)CC1. The van der Waals surface area contributed by atoms with E-state index in [2.05, 4.69) is 32.4 Å². The molecule has 25 heavy (non-hydrogen) atoms. The van der Waals surface area contributed by atoms with Crippen molar-refractivity contribution in [1.29, 1.82) is 0 Å². The average Bonchev–Trinajstić information content (AvgIpc) is 2.60. The van der Waals surface area contributed by atoms with Crippen LogP contribution in [0.15, 0.2) is 30.6 Å². The molecular weight excluding hydrogens is 345 g/mol. The third-order valence-corrected chi connectivity index (χ3v) is 4.43. The number of nitrogens with one attached hydrogen (secondary N) is 2. The summed E-state index contributed by atoms with van der Waals surface area (Å²) in [6, 6.07) is 3.48. The highest BCUT2D eigenvalue weighted by atomic mass is 35.5. The maximum atomic E-state index is 13.1. The number of amides is 2. The number of nitrogens with zero attached hydrogens (tertiary/aromatic N) is 3. The number of benzene rings is 1. The van der Waals surface area contributed by atoms with Gasteiger partial charge in [-0.05, 0) is 37.0 Å². The number of halogens is 2. The summed E-state index contributed by atoms with van der Waals surface area (Å²) in [5.41, 5.74) is 0.865. The Morgan fingerprint density at radius 2 is 1.84 bits per heavy atom. The molecule has 0 radical (unpaired) electrons. The zero-order chi connectivity index (χ0) is 17.8. The molecule has 132 valence electrons. The summed E-state index contributed by atoms with van der Waals surface area (Å²) in [6.07, 6.45) is 5.40. The summed E-state index contributed by atoms with van der Waals surface area (Å²) in [4.78, 5) is 22.7.